The predicted octanol–water partition coefficient (Wildman–Crippen LogP) is 2.01. The Kier molecular flexibility index (Phi) is 9.03. The van der Waals surface area contributed by atoms with Gasteiger partial charge in [0.2, 0.25) is 0 Å². The van der Waals surface area contributed by atoms with E-state index >= 15 is 0 Å². The van der Waals surface area contributed by atoms with Gasteiger partial charge in [0.25, 0.3) is 5.91 Å². The van der Waals surface area contributed by atoms with Crippen LogP contribution in [0.2, 0.25) is 0 Å². The number of hydrogen-bond acceptors (Lipinski definition) is 7. The van der Waals surface area contributed by atoms with Gasteiger partial charge in [0.15, 0.2) is 5.28 Å². The van der Waals surface area contributed by atoms with Crippen molar-refractivity contribution in [2.75, 3.05) is 46.0 Å². The number of carbonyl (C=O) groups excluding carboxylic acids is 2. The third-order valence-electron chi connectivity index (χ3n) is 4.15. The first kappa shape index (κ1) is 22.9. The molecule has 1 atom stereocenters. The molecule has 10 heteroatoms. The van der Waals surface area contributed by atoms with Crippen LogP contribution < -0.4 is 5.73 Å². The van der Waals surface area contributed by atoms with Crippen LogP contribution in [0.25, 0.3) is 0 Å². The van der Waals surface area contributed by atoms with E-state index < -0.39 is 18.8 Å². The second-order valence-corrected chi connectivity index (χ2v) is 8.67. The monoisotopic (exact) mass is 393 g/mol. The predicted molar refractivity (Wildman–Crippen MR) is 97.9 cm³/mol. The van der Waals surface area contributed by atoms with Crippen molar-refractivity contribution in [1.82, 2.24) is 9.80 Å². The van der Waals surface area contributed by atoms with Crippen LogP contribution in [0.5, 0.6) is 0 Å². The molecule has 1 aliphatic rings. The summed E-state index contributed by atoms with van der Waals surface area (Å²) >= 11 is 0. The lowest BCUT2D eigenvalue weighted by Gasteiger charge is -2.39. The number of nitrogens with zero attached hydrogens (tertiary/aromatic N) is 2. The van der Waals surface area contributed by atoms with Gasteiger partial charge in [0.1, 0.15) is 0 Å². The number of nitrogens with two attached hydrogens (primary N) is 1. The topological polar surface area (TPSA) is 111 Å². The first-order valence-corrected chi connectivity index (χ1v) is 10.7. The summed E-state index contributed by atoms with van der Waals surface area (Å²) in [4.78, 5) is 27.8. The molecule has 0 aromatic carbocycles. The summed E-state index contributed by atoms with van der Waals surface area (Å²) in [6.07, 6.45) is 1.39. The van der Waals surface area contributed by atoms with Crippen molar-refractivity contribution in [2.24, 2.45) is 5.73 Å². The zero-order valence-electron chi connectivity index (χ0n) is 16.2. The van der Waals surface area contributed by atoms with Crippen molar-refractivity contribution in [2.45, 2.75) is 45.8 Å². The fourth-order valence-electron chi connectivity index (χ4n) is 2.57. The second kappa shape index (κ2) is 10.3. The molecule has 2 amide bonds. The Morgan fingerprint density at radius 2 is 1.54 bits per heavy atom. The number of unbranched alkanes of at least 4 members (excludes halogenated alkanes) is 1. The van der Waals surface area contributed by atoms with Crippen LogP contribution in [0.1, 0.15) is 40.5 Å². The highest BCUT2D eigenvalue weighted by molar-refractivity contribution is 7.56. The van der Waals surface area contributed by atoms with E-state index in [9.17, 15) is 14.2 Å². The molecule has 9 nitrogen and oxygen atoms in total. The van der Waals surface area contributed by atoms with Gasteiger partial charge in [-0.25, -0.2) is 4.79 Å². The van der Waals surface area contributed by atoms with Crippen molar-refractivity contribution >= 4 is 19.6 Å². The first-order valence-electron chi connectivity index (χ1n) is 9.12. The summed E-state index contributed by atoms with van der Waals surface area (Å²) in [7, 11) is -3.82. The molecule has 1 fully saturated rings. The average molecular weight is 393 g/mol. The van der Waals surface area contributed by atoms with Crippen molar-refractivity contribution in [3.63, 3.8) is 0 Å². The summed E-state index contributed by atoms with van der Waals surface area (Å²) in [6, 6.07) is 0. The van der Waals surface area contributed by atoms with Crippen molar-refractivity contribution in [3.8, 4) is 0 Å². The summed E-state index contributed by atoms with van der Waals surface area (Å²) in [5.41, 5.74) is 6.11. The maximum atomic E-state index is 12.9. The van der Waals surface area contributed by atoms with Crippen molar-refractivity contribution in [1.29, 1.82) is 0 Å². The molecular formula is C16H32N3O6P. The minimum absolute atomic E-state index is 0.120. The van der Waals surface area contributed by atoms with Crippen LogP contribution in [-0.4, -0.2) is 73.1 Å². The van der Waals surface area contributed by atoms with Crippen LogP contribution in [0.4, 0.5) is 4.79 Å². The van der Waals surface area contributed by atoms with Crippen LogP contribution in [-0.2, 0) is 23.1 Å². The van der Waals surface area contributed by atoms with Gasteiger partial charge in [-0.2, -0.15) is 0 Å². The molecular weight excluding hydrogens is 361 g/mol. The third-order valence-corrected chi connectivity index (χ3v) is 6.67. The average Bonchev–Trinajstić information content (AvgIpc) is 2.61. The van der Waals surface area contributed by atoms with Gasteiger partial charge in [-0.3, -0.25) is 9.36 Å². The van der Waals surface area contributed by atoms with E-state index in [-0.39, 0.29) is 32.4 Å². The number of hydrogen-bond donors (Lipinski definition) is 1. The minimum atomic E-state index is -3.82. The zero-order chi connectivity index (χ0) is 19.8. The van der Waals surface area contributed by atoms with Crippen LogP contribution in [0, 0.1) is 0 Å². The SMILES string of the molecule is CCCCOC(=O)N1CCN(C(=O)[C@@](C)(N)P(=O)(OCC)OCC)CC1. The molecule has 0 aliphatic carbocycles. The Balaban J connectivity index is 2.69. The normalized spacial score (nSPS) is 17.7. The molecule has 0 bridgehead atoms. The van der Waals surface area contributed by atoms with E-state index in [1.54, 1.807) is 18.7 Å². The molecule has 1 saturated heterocycles. The fourth-order valence-corrected chi connectivity index (χ4v) is 4.24. The largest absolute Gasteiger partial charge is 0.449 e. The Labute approximate surface area is 155 Å². The van der Waals surface area contributed by atoms with Crippen LogP contribution in [0.3, 0.4) is 0 Å². The highest BCUT2D eigenvalue weighted by atomic mass is 31.2. The summed E-state index contributed by atoms with van der Waals surface area (Å²) in [6.45, 7) is 8.58. The fraction of sp³-hybridized carbons (Fsp3) is 0.875. The van der Waals surface area contributed by atoms with E-state index in [0.717, 1.165) is 12.8 Å². The standard InChI is InChI=1S/C16H32N3O6P/c1-5-8-13-23-15(21)19-11-9-18(10-12-19)14(20)16(4,17)26(22,24-6-2)25-7-3/h5-13,17H2,1-4H3/t16-/m0/s1. The van der Waals surface area contributed by atoms with Crippen LogP contribution in [0.15, 0.2) is 0 Å². The minimum Gasteiger partial charge on any atom is -0.449 e. The number of piperazine rings is 1. The smallest absolute Gasteiger partial charge is 0.409 e. The molecule has 0 radical (unpaired) electrons. The lowest BCUT2D eigenvalue weighted by Crippen LogP contribution is -2.59. The molecule has 0 aromatic heterocycles. The number of amides is 2. The highest BCUT2D eigenvalue weighted by Crippen LogP contribution is 2.57. The van der Waals surface area contributed by atoms with Gasteiger partial charge >= 0.3 is 13.7 Å². The van der Waals surface area contributed by atoms with Gasteiger partial charge in [0, 0.05) is 26.2 Å². The van der Waals surface area contributed by atoms with Gasteiger partial charge in [0.05, 0.1) is 19.8 Å². The van der Waals surface area contributed by atoms with E-state index in [1.807, 2.05) is 6.92 Å². The van der Waals surface area contributed by atoms with Gasteiger partial charge in [-0.1, -0.05) is 13.3 Å². The quantitative estimate of drug-likeness (QED) is 0.471. The third kappa shape index (κ3) is 5.42. The molecule has 1 heterocycles. The van der Waals surface area contributed by atoms with Gasteiger partial charge in [-0.15, -0.1) is 0 Å². The van der Waals surface area contributed by atoms with E-state index in [2.05, 4.69) is 0 Å². The lowest BCUT2D eigenvalue weighted by atomic mass is 10.2. The molecule has 0 spiro atoms. The number of carbonyl (C=O) groups is 2. The number of rotatable bonds is 9. The summed E-state index contributed by atoms with van der Waals surface area (Å²) in [5.74, 6) is -0.512. The van der Waals surface area contributed by atoms with Crippen molar-refractivity contribution in [3.05, 3.63) is 0 Å². The molecule has 1 aliphatic heterocycles. The lowest BCUT2D eigenvalue weighted by molar-refractivity contribution is -0.135. The molecule has 0 unspecified atom stereocenters. The maximum Gasteiger partial charge on any atom is 0.409 e. The molecule has 152 valence electrons. The van der Waals surface area contributed by atoms with Crippen LogP contribution >= 0.6 is 7.60 Å². The van der Waals surface area contributed by atoms with E-state index in [4.69, 9.17) is 19.5 Å². The summed E-state index contributed by atoms with van der Waals surface area (Å²) in [5, 5.41) is -1.79. The Morgan fingerprint density at radius 1 is 1.04 bits per heavy atom. The van der Waals surface area contributed by atoms with Gasteiger partial charge < -0.3 is 29.3 Å². The molecule has 0 aromatic rings. The van der Waals surface area contributed by atoms with E-state index in [0.29, 0.717) is 19.7 Å². The van der Waals surface area contributed by atoms with Gasteiger partial charge in [-0.05, 0) is 27.2 Å². The van der Waals surface area contributed by atoms with E-state index in [1.165, 1.54) is 11.8 Å². The first-order chi connectivity index (χ1) is 12.2. The van der Waals surface area contributed by atoms with Crippen molar-refractivity contribution < 1.29 is 27.9 Å². The second-order valence-electron chi connectivity index (χ2n) is 6.23. The Morgan fingerprint density at radius 3 is 2.00 bits per heavy atom. The summed E-state index contributed by atoms with van der Waals surface area (Å²) < 4.78 is 28.6. The zero-order valence-corrected chi connectivity index (χ0v) is 17.1. The Bertz CT molecular complexity index is 510. The highest BCUT2D eigenvalue weighted by Gasteiger charge is 2.52. The maximum absolute atomic E-state index is 12.9. The molecule has 0 saturated carbocycles. The molecule has 2 N–H and O–H groups in total. The number of ether oxygens (including phenoxy) is 1. The Hall–Kier alpha value is -1.15. The molecule has 1 rings (SSSR count). The molecule has 26 heavy (non-hydrogen) atoms.